The lowest BCUT2D eigenvalue weighted by Gasteiger charge is -2.26. The number of hydrogen-bond donors (Lipinski definition) is 0. The number of rotatable bonds is 5. The minimum Gasteiger partial charge on any atom is -0.336 e. The highest BCUT2D eigenvalue weighted by Crippen LogP contribution is 2.33. The van der Waals surface area contributed by atoms with Gasteiger partial charge in [0.25, 0.3) is 5.56 Å². The van der Waals surface area contributed by atoms with E-state index >= 15 is 0 Å². The molecule has 130 valence electrons. The van der Waals surface area contributed by atoms with E-state index in [1.165, 1.54) is 22.2 Å². The molecule has 4 rings (SSSR count). The van der Waals surface area contributed by atoms with Gasteiger partial charge < -0.3 is 4.90 Å². The SMILES string of the molecule is CC(C)N(C(=O)Cn1cnc2scc(-c3cccs3)c2c1=O)C1CC1. The third-order valence-electron chi connectivity index (χ3n) is 4.44. The molecule has 7 heteroatoms. The Labute approximate surface area is 153 Å². The molecule has 0 aromatic carbocycles. The molecular formula is C18H19N3O2S2. The van der Waals surface area contributed by atoms with Gasteiger partial charge in [-0.1, -0.05) is 6.07 Å². The molecule has 0 N–H and O–H groups in total. The van der Waals surface area contributed by atoms with E-state index in [4.69, 9.17) is 0 Å². The normalized spacial score (nSPS) is 14.4. The molecule has 0 saturated heterocycles. The molecule has 1 saturated carbocycles. The lowest BCUT2D eigenvalue weighted by molar-refractivity contribution is -0.134. The van der Waals surface area contributed by atoms with Crippen LogP contribution in [0.1, 0.15) is 26.7 Å². The van der Waals surface area contributed by atoms with E-state index < -0.39 is 0 Å². The summed E-state index contributed by atoms with van der Waals surface area (Å²) in [5, 5.41) is 4.58. The van der Waals surface area contributed by atoms with Gasteiger partial charge in [0, 0.05) is 27.9 Å². The van der Waals surface area contributed by atoms with Crippen molar-refractivity contribution in [2.24, 2.45) is 0 Å². The van der Waals surface area contributed by atoms with E-state index in [1.807, 2.05) is 41.6 Å². The van der Waals surface area contributed by atoms with E-state index in [0.29, 0.717) is 11.4 Å². The minimum atomic E-state index is -0.137. The molecule has 0 spiro atoms. The highest BCUT2D eigenvalue weighted by molar-refractivity contribution is 7.18. The summed E-state index contributed by atoms with van der Waals surface area (Å²) in [6.45, 7) is 4.10. The van der Waals surface area contributed by atoms with Crippen LogP contribution in [0.4, 0.5) is 0 Å². The lowest BCUT2D eigenvalue weighted by Crippen LogP contribution is -2.42. The number of carbonyl (C=O) groups is 1. The Kier molecular flexibility index (Phi) is 4.21. The van der Waals surface area contributed by atoms with Crippen molar-refractivity contribution in [1.29, 1.82) is 0 Å². The summed E-state index contributed by atoms with van der Waals surface area (Å²) in [4.78, 5) is 33.8. The fourth-order valence-corrected chi connectivity index (χ4v) is 4.91. The Bertz CT molecular complexity index is 966. The van der Waals surface area contributed by atoms with Gasteiger partial charge in [-0.3, -0.25) is 14.2 Å². The topological polar surface area (TPSA) is 55.2 Å². The van der Waals surface area contributed by atoms with Gasteiger partial charge >= 0.3 is 0 Å². The van der Waals surface area contributed by atoms with Crippen molar-refractivity contribution >= 4 is 38.8 Å². The van der Waals surface area contributed by atoms with Crippen LogP contribution in [-0.2, 0) is 11.3 Å². The zero-order valence-electron chi connectivity index (χ0n) is 14.1. The maximum Gasteiger partial charge on any atom is 0.263 e. The van der Waals surface area contributed by atoms with Crippen LogP contribution in [0.25, 0.3) is 20.7 Å². The summed E-state index contributed by atoms with van der Waals surface area (Å²) in [5.41, 5.74) is 0.778. The predicted molar refractivity (Wildman–Crippen MR) is 102 cm³/mol. The Balaban J connectivity index is 1.71. The van der Waals surface area contributed by atoms with Gasteiger partial charge in [-0.05, 0) is 38.1 Å². The molecule has 1 fully saturated rings. The highest BCUT2D eigenvalue weighted by atomic mass is 32.1. The second-order valence-electron chi connectivity index (χ2n) is 6.61. The summed E-state index contributed by atoms with van der Waals surface area (Å²) in [7, 11) is 0. The van der Waals surface area contributed by atoms with E-state index in [9.17, 15) is 9.59 Å². The zero-order chi connectivity index (χ0) is 17.6. The molecule has 0 aliphatic heterocycles. The van der Waals surface area contributed by atoms with Gasteiger partial charge in [0.15, 0.2) is 0 Å². The standard InChI is InChI=1S/C18H19N3O2S2/c1-11(2)21(12-5-6-12)15(22)8-20-10-19-17-16(18(20)23)13(9-25-17)14-4-3-7-24-14/h3-4,7,9-12H,5-6,8H2,1-2H3. The predicted octanol–water partition coefficient (Wildman–Crippen LogP) is 3.59. The number of fused-ring (bicyclic) bond motifs is 1. The molecule has 0 unspecified atom stereocenters. The van der Waals surface area contributed by atoms with Gasteiger partial charge in [-0.2, -0.15) is 0 Å². The molecule has 3 aromatic heterocycles. The summed E-state index contributed by atoms with van der Waals surface area (Å²) in [6, 6.07) is 4.46. The number of nitrogens with zero attached hydrogens (tertiary/aromatic N) is 3. The Morgan fingerprint density at radius 1 is 1.40 bits per heavy atom. The van der Waals surface area contributed by atoms with Gasteiger partial charge in [0.1, 0.15) is 11.4 Å². The number of thiophene rings is 2. The fourth-order valence-electron chi connectivity index (χ4n) is 3.19. The summed E-state index contributed by atoms with van der Waals surface area (Å²) >= 11 is 3.07. The van der Waals surface area contributed by atoms with E-state index in [0.717, 1.165) is 28.1 Å². The van der Waals surface area contributed by atoms with Crippen LogP contribution in [0.5, 0.6) is 0 Å². The highest BCUT2D eigenvalue weighted by Gasteiger charge is 2.34. The molecule has 5 nitrogen and oxygen atoms in total. The Morgan fingerprint density at radius 2 is 2.20 bits per heavy atom. The van der Waals surface area contributed by atoms with Crippen LogP contribution in [0.15, 0.2) is 34.0 Å². The summed E-state index contributed by atoms with van der Waals surface area (Å²) < 4.78 is 1.45. The van der Waals surface area contributed by atoms with Crippen LogP contribution in [-0.4, -0.2) is 32.4 Å². The van der Waals surface area contributed by atoms with Gasteiger partial charge in [0.05, 0.1) is 11.7 Å². The number of amides is 1. The second kappa shape index (κ2) is 6.38. The fraction of sp³-hybridized carbons (Fsp3) is 0.389. The first-order valence-corrected chi connectivity index (χ1v) is 10.1. The van der Waals surface area contributed by atoms with Crippen molar-refractivity contribution in [2.45, 2.75) is 45.3 Å². The second-order valence-corrected chi connectivity index (χ2v) is 8.42. The quantitative estimate of drug-likeness (QED) is 0.687. The van der Waals surface area contributed by atoms with Crippen molar-refractivity contribution in [3.63, 3.8) is 0 Å². The maximum atomic E-state index is 13.0. The van der Waals surface area contributed by atoms with Crippen molar-refractivity contribution in [1.82, 2.24) is 14.5 Å². The molecular weight excluding hydrogens is 354 g/mol. The molecule has 0 atom stereocenters. The van der Waals surface area contributed by atoms with Crippen LogP contribution in [0, 0.1) is 0 Å². The van der Waals surface area contributed by atoms with Crippen molar-refractivity contribution in [2.75, 3.05) is 0 Å². The largest absolute Gasteiger partial charge is 0.336 e. The van der Waals surface area contributed by atoms with Crippen molar-refractivity contribution in [3.05, 3.63) is 39.6 Å². The lowest BCUT2D eigenvalue weighted by atomic mass is 10.2. The number of aromatic nitrogens is 2. The monoisotopic (exact) mass is 373 g/mol. The van der Waals surface area contributed by atoms with E-state index in [2.05, 4.69) is 4.98 Å². The van der Waals surface area contributed by atoms with Crippen LogP contribution >= 0.6 is 22.7 Å². The summed E-state index contributed by atoms with van der Waals surface area (Å²) in [5.74, 6) is -0.00588. The first kappa shape index (κ1) is 16.5. The average Bonchev–Trinajstić information content (AvgIpc) is 3.09. The first-order chi connectivity index (χ1) is 12.1. The zero-order valence-corrected chi connectivity index (χ0v) is 15.8. The van der Waals surface area contributed by atoms with E-state index in [-0.39, 0.29) is 24.1 Å². The van der Waals surface area contributed by atoms with E-state index in [1.54, 1.807) is 11.3 Å². The van der Waals surface area contributed by atoms with Crippen LogP contribution < -0.4 is 5.56 Å². The number of hydrogen-bond acceptors (Lipinski definition) is 5. The summed E-state index contributed by atoms with van der Waals surface area (Å²) in [6.07, 6.45) is 3.62. The third kappa shape index (κ3) is 3.02. The van der Waals surface area contributed by atoms with Crippen molar-refractivity contribution < 1.29 is 4.79 Å². The van der Waals surface area contributed by atoms with Crippen molar-refractivity contribution in [3.8, 4) is 10.4 Å². The maximum absolute atomic E-state index is 13.0. The smallest absolute Gasteiger partial charge is 0.263 e. The molecule has 3 heterocycles. The molecule has 3 aromatic rings. The molecule has 25 heavy (non-hydrogen) atoms. The first-order valence-electron chi connectivity index (χ1n) is 8.38. The van der Waals surface area contributed by atoms with Crippen LogP contribution in [0.3, 0.4) is 0 Å². The molecule has 0 bridgehead atoms. The Morgan fingerprint density at radius 3 is 2.84 bits per heavy atom. The van der Waals surface area contributed by atoms with Crippen LogP contribution in [0.2, 0.25) is 0 Å². The minimum absolute atomic E-state index is 0.00588. The van der Waals surface area contributed by atoms with Gasteiger partial charge in [-0.15, -0.1) is 22.7 Å². The average molecular weight is 374 g/mol. The molecule has 0 radical (unpaired) electrons. The van der Waals surface area contributed by atoms with Gasteiger partial charge in [0.2, 0.25) is 5.91 Å². The molecule has 1 aliphatic rings. The molecule has 1 aliphatic carbocycles. The van der Waals surface area contributed by atoms with Gasteiger partial charge in [-0.25, -0.2) is 4.98 Å². The molecule has 1 amide bonds. The third-order valence-corrected chi connectivity index (χ3v) is 6.23. The Hall–Kier alpha value is -1.99. The number of carbonyl (C=O) groups excluding carboxylic acids is 1.